The van der Waals surface area contributed by atoms with Crippen molar-refractivity contribution in [2.24, 2.45) is 5.92 Å². The molecular weight excluding hydrogens is 304 g/mol. The van der Waals surface area contributed by atoms with Crippen LogP contribution in [-0.2, 0) is 9.59 Å². The zero-order valence-corrected chi connectivity index (χ0v) is 15.3. The molecule has 0 radical (unpaired) electrons. The standard InChI is InChI=1S/C19H30N2O3/c1-6-14(3)19(5,24)12-20-18(23)11-17(21-15(4)22)16-9-7-13(2)8-10-16/h7-10,14,17,24H,6,11-12H2,1-5H3,(H,20,23)(H,21,22). The number of benzene rings is 1. The van der Waals surface area contributed by atoms with Gasteiger partial charge in [0.2, 0.25) is 11.8 Å². The highest BCUT2D eigenvalue weighted by atomic mass is 16.3. The van der Waals surface area contributed by atoms with Crippen molar-refractivity contribution in [2.75, 3.05) is 6.54 Å². The van der Waals surface area contributed by atoms with Crippen molar-refractivity contribution < 1.29 is 14.7 Å². The summed E-state index contributed by atoms with van der Waals surface area (Å²) in [5, 5.41) is 16.0. The fourth-order valence-electron chi connectivity index (χ4n) is 2.45. The minimum absolute atomic E-state index is 0.0843. The lowest BCUT2D eigenvalue weighted by Crippen LogP contribution is -2.45. The van der Waals surface area contributed by atoms with E-state index in [0.29, 0.717) is 0 Å². The van der Waals surface area contributed by atoms with Gasteiger partial charge in [0, 0.05) is 13.5 Å². The molecule has 3 atom stereocenters. The zero-order valence-electron chi connectivity index (χ0n) is 15.3. The maximum Gasteiger partial charge on any atom is 0.222 e. The highest BCUT2D eigenvalue weighted by molar-refractivity contribution is 5.79. The highest BCUT2D eigenvalue weighted by Gasteiger charge is 2.28. The molecular formula is C19H30N2O3. The smallest absolute Gasteiger partial charge is 0.222 e. The molecule has 134 valence electrons. The van der Waals surface area contributed by atoms with Gasteiger partial charge in [0.25, 0.3) is 0 Å². The zero-order chi connectivity index (χ0) is 18.3. The lowest BCUT2D eigenvalue weighted by Gasteiger charge is -2.30. The van der Waals surface area contributed by atoms with Crippen LogP contribution in [0.15, 0.2) is 24.3 Å². The van der Waals surface area contributed by atoms with Crippen molar-refractivity contribution in [2.45, 2.75) is 59.1 Å². The number of amides is 2. The van der Waals surface area contributed by atoms with Gasteiger partial charge in [0.15, 0.2) is 0 Å². The van der Waals surface area contributed by atoms with Gasteiger partial charge in [0.05, 0.1) is 18.1 Å². The van der Waals surface area contributed by atoms with E-state index in [0.717, 1.165) is 17.5 Å². The number of aliphatic hydroxyl groups is 1. The summed E-state index contributed by atoms with van der Waals surface area (Å²) in [6.07, 6.45) is 0.972. The van der Waals surface area contributed by atoms with Crippen LogP contribution >= 0.6 is 0 Å². The number of nitrogens with one attached hydrogen (secondary N) is 2. The van der Waals surface area contributed by atoms with Crippen LogP contribution in [0.4, 0.5) is 0 Å². The Morgan fingerprint density at radius 1 is 1.25 bits per heavy atom. The molecule has 0 aliphatic carbocycles. The van der Waals surface area contributed by atoms with Gasteiger partial charge in [-0.3, -0.25) is 9.59 Å². The third-order valence-corrected chi connectivity index (χ3v) is 4.56. The number of hydrogen-bond donors (Lipinski definition) is 3. The molecule has 0 fully saturated rings. The molecule has 0 aliphatic rings. The largest absolute Gasteiger partial charge is 0.388 e. The Morgan fingerprint density at radius 3 is 2.33 bits per heavy atom. The molecule has 1 rings (SSSR count). The first-order chi connectivity index (χ1) is 11.2. The average Bonchev–Trinajstić information content (AvgIpc) is 2.52. The molecule has 3 unspecified atom stereocenters. The van der Waals surface area contributed by atoms with Crippen LogP contribution in [0.5, 0.6) is 0 Å². The van der Waals surface area contributed by atoms with Gasteiger partial charge in [-0.25, -0.2) is 0 Å². The van der Waals surface area contributed by atoms with E-state index >= 15 is 0 Å². The van der Waals surface area contributed by atoms with E-state index in [1.807, 2.05) is 45.0 Å². The second-order valence-electron chi connectivity index (χ2n) is 6.81. The van der Waals surface area contributed by atoms with Gasteiger partial charge in [-0.1, -0.05) is 50.1 Å². The van der Waals surface area contributed by atoms with Gasteiger partial charge in [0.1, 0.15) is 0 Å². The van der Waals surface area contributed by atoms with E-state index in [2.05, 4.69) is 10.6 Å². The first-order valence-electron chi connectivity index (χ1n) is 8.48. The van der Waals surface area contributed by atoms with E-state index in [1.54, 1.807) is 6.92 Å². The van der Waals surface area contributed by atoms with E-state index in [9.17, 15) is 14.7 Å². The molecule has 5 nitrogen and oxygen atoms in total. The fraction of sp³-hybridized carbons (Fsp3) is 0.579. The van der Waals surface area contributed by atoms with Gasteiger partial charge in [-0.2, -0.15) is 0 Å². The molecule has 0 heterocycles. The summed E-state index contributed by atoms with van der Waals surface area (Å²) in [5.41, 5.74) is 1.06. The van der Waals surface area contributed by atoms with E-state index in [-0.39, 0.29) is 36.7 Å². The maximum atomic E-state index is 12.3. The molecule has 0 spiro atoms. The van der Waals surface area contributed by atoms with Crippen LogP contribution < -0.4 is 10.6 Å². The number of carbonyl (C=O) groups is 2. The van der Waals surface area contributed by atoms with Crippen molar-refractivity contribution in [1.29, 1.82) is 0 Å². The lowest BCUT2D eigenvalue weighted by molar-refractivity contribution is -0.124. The normalized spacial score (nSPS) is 15.9. The molecule has 1 aromatic carbocycles. The maximum absolute atomic E-state index is 12.3. The third kappa shape index (κ3) is 6.32. The van der Waals surface area contributed by atoms with E-state index < -0.39 is 5.60 Å². The predicted molar refractivity (Wildman–Crippen MR) is 95.4 cm³/mol. The Labute approximate surface area is 144 Å². The first-order valence-corrected chi connectivity index (χ1v) is 8.48. The number of aryl methyl sites for hydroxylation is 1. The molecule has 2 amide bonds. The molecule has 3 N–H and O–H groups in total. The summed E-state index contributed by atoms with van der Waals surface area (Å²) in [6.45, 7) is 9.31. The predicted octanol–water partition coefficient (Wildman–Crippen LogP) is 2.48. The van der Waals surface area contributed by atoms with Gasteiger partial charge < -0.3 is 15.7 Å². The Balaban J connectivity index is 2.71. The Kier molecular flexibility index (Phi) is 7.42. The monoisotopic (exact) mass is 334 g/mol. The Morgan fingerprint density at radius 2 is 1.83 bits per heavy atom. The molecule has 1 aromatic rings. The SMILES string of the molecule is CCC(C)C(C)(O)CNC(=O)CC(NC(C)=O)c1ccc(C)cc1. The summed E-state index contributed by atoms with van der Waals surface area (Å²) < 4.78 is 0. The molecule has 5 heteroatoms. The summed E-state index contributed by atoms with van der Waals surface area (Å²) >= 11 is 0. The molecule has 24 heavy (non-hydrogen) atoms. The topological polar surface area (TPSA) is 78.4 Å². The summed E-state index contributed by atoms with van der Waals surface area (Å²) in [4.78, 5) is 23.7. The second-order valence-corrected chi connectivity index (χ2v) is 6.81. The molecule has 0 saturated heterocycles. The molecule has 0 aliphatic heterocycles. The number of hydrogen-bond acceptors (Lipinski definition) is 3. The van der Waals surface area contributed by atoms with Crippen LogP contribution in [0.3, 0.4) is 0 Å². The van der Waals surface area contributed by atoms with Crippen molar-refractivity contribution >= 4 is 11.8 Å². The van der Waals surface area contributed by atoms with Gasteiger partial charge in [-0.15, -0.1) is 0 Å². The van der Waals surface area contributed by atoms with E-state index in [1.165, 1.54) is 6.92 Å². The lowest BCUT2D eigenvalue weighted by atomic mass is 9.88. The Bertz CT molecular complexity index is 552. The fourth-order valence-corrected chi connectivity index (χ4v) is 2.45. The van der Waals surface area contributed by atoms with Crippen molar-refractivity contribution in [3.8, 4) is 0 Å². The quantitative estimate of drug-likeness (QED) is 0.683. The second kappa shape index (κ2) is 8.83. The van der Waals surface area contributed by atoms with Crippen molar-refractivity contribution in [3.63, 3.8) is 0 Å². The van der Waals surface area contributed by atoms with Gasteiger partial charge in [-0.05, 0) is 25.3 Å². The van der Waals surface area contributed by atoms with Crippen LogP contribution in [0.2, 0.25) is 0 Å². The summed E-state index contributed by atoms with van der Waals surface area (Å²) in [5.74, 6) is -0.293. The highest BCUT2D eigenvalue weighted by Crippen LogP contribution is 2.20. The van der Waals surface area contributed by atoms with Crippen molar-refractivity contribution in [1.82, 2.24) is 10.6 Å². The summed E-state index contributed by atoms with van der Waals surface area (Å²) in [6, 6.07) is 7.36. The van der Waals surface area contributed by atoms with Gasteiger partial charge >= 0.3 is 0 Å². The molecule has 0 bridgehead atoms. The minimum Gasteiger partial charge on any atom is -0.388 e. The van der Waals surface area contributed by atoms with E-state index in [4.69, 9.17) is 0 Å². The van der Waals surface area contributed by atoms with Crippen molar-refractivity contribution in [3.05, 3.63) is 35.4 Å². The third-order valence-electron chi connectivity index (χ3n) is 4.56. The first kappa shape index (κ1) is 20.2. The minimum atomic E-state index is -0.947. The van der Waals surface area contributed by atoms with Crippen LogP contribution in [0.1, 0.15) is 57.7 Å². The molecule has 0 aromatic heterocycles. The van der Waals surface area contributed by atoms with Crippen LogP contribution in [-0.4, -0.2) is 29.1 Å². The van der Waals surface area contributed by atoms with Crippen LogP contribution in [0.25, 0.3) is 0 Å². The Hall–Kier alpha value is -1.88. The van der Waals surface area contributed by atoms with Crippen LogP contribution in [0, 0.1) is 12.8 Å². The molecule has 0 saturated carbocycles. The number of rotatable bonds is 8. The average molecular weight is 334 g/mol. The number of carbonyl (C=O) groups excluding carboxylic acids is 2. The summed E-state index contributed by atoms with van der Waals surface area (Å²) in [7, 11) is 0.